The molecule has 2 N–H and O–H groups in total. The highest BCUT2D eigenvalue weighted by molar-refractivity contribution is 5.82. The predicted molar refractivity (Wildman–Crippen MR) is 55.1 cm³/mol. The first-order valence-electron chi connectivity index (χ1n) is 5.33. The van der Waals surface area contributed by atoms with Crippen molar-refractivity contribution < 1.29 is 9.53 Å². The van der Waals surface area contributed by atoms with Crippen molar-refractivity contribution in [1.29, 1.82) is 0 Å². The summed E-state index contributed by atoms with van der Waals surface area (Å²) in [6.45, 7) is 6.25. The third kappa shape index (κ3) is 4.07. The maximum atomic E-state index is 11.3. The Morgan fingerprint density at radius 2 is 2.43 bits per heavy atom. The molecule has 1 aliphatic heterocycles. The molecular weight excluding hydrogens is 180 g/mol. The molecule has 14 heavy (non-hydrogen) atoms. The fraction of sp³-hybridized carbons (Fsp3) is 0.900. The van der Waals surface area contributed by atoms with Crippen LogP contribution in [-0.2, 0) is 9.53 Å². The number of ether oxygens (including phenoxy) is 1. The molecule has 1 atom stereocenters. The van der Waals surface area contributed by atoms with E-state index in [-0.39, 0.29) is 18.1 Å². The molecule has 1 heterocycles. The van der Waals surface area contributed by atoms with Gasteiger partial charge in [0.05, 0.1) is 18.8 Å². The summed E-state index contributed by atoms with van der Waals surface area (Å²) in [6.07, 6.45) is 2.26. The van der Waals surface area contributed by atoms with Crippen LogP contribution >= 0.6 is 0 Å². The van der Waals surface area contributed by atoms with Crippen LogP contribution in [0, 0.1) is 0 Å². The number of carbonyl (C=O) groups is 1. The van der Waals surface area contributed by atoms with E-state index < -0.39 is 0 Å². The van der Waals surface area contributed by atoms with Crippen molar-refractivity contribution in [1.82, 2.24) is 10.6 Å². The normalized spacial score (nSPS) is 22.5. The molecule has 4 heteroatoms. The van der Waals surface area contributed by atoms with Crippen LogP contribution in [0.15, 0.2) is 0 Å². The van der Waals surface area contributed by atoms with Gasteiger partial charge in [-0.25, -0.2) is 0 Å². The van der Waals surface area contributed by atoms with Gasteiger partial charge in [-0.1, -0.05) is 0 Å². The molecule has 4 nitrogen and oxygen atoms in total. The first kappa shape index (κ1) is 11.5. The quantitative estimate of drug-likeness (QED) is 0.627. The van der Waals surface area contributed by atoms with Crippen LogP contribution in [0.4, 0.5) is 0 Å². The van der Waals surface area contributed by atoms with Crippen LogP contribution in [0.1, 0.15) is 26.7 Å². The van der Waals surface area contributed by atoms with Gasteiger partial charge in [-0.15, -0.1) is 0 Å². The largest absolute Gasteiger partial charge is 0.377 e. The highest BCUT2D eigenvalue weighted by Gasteiger charge is 2.20. The van der Waals surface area contributed by atoms with Crippen LogP contribution in [0.25, 0.3) is 0 Å². The molecule has 1 amide bonds. The van der Waals surface area contributed by atoms with E-state index >= 15 is 0 Å². The van der Waals surface area contributed by atoms with Crippen molar-refractivity contribution in [3.63, 3.8) is 0 Å². The van der Waals surface area contributed by atoms with Gasteiger partial charge in [-0.2, -0.15) is 0 Å². The molecule has 1 saturated heterocycles. The number of piperidine rings is 1. The molecule has 0 aromatic rings. The zero-order valence-electron chi connectivity index (χ0n) is 9.01. The summed E-state index contributed by atoms with van der Waals surface area (Å²) in [6, 6.07) is -0.0143. The topological polar surface area (TPSA) is 50.4 Å². The van der Waals surface area contributed by atoms with Crippen molar-refractivity contribution in [3.05, 3.63) is 0 Å². The third-order valence-electron chi connectivity index (χ3n) is 2.23. The van der Waals surface area contributed by atoms with Gasteiger partial charge in [-0.05, 0) is 26.7 Å². The minimum atomic E-state index is -0.0143. The minimum absolute atomic E-state index is 0.0143. The van der Waals surface area contributed by atoms with Crippen LogP contribution in [0.3, 0.4) is 0 Å². The lowest BCUT2D eigenvalue weighted by Crippen LogP contribution is -2.49. The van der Waals surface area contributed by atoms with E-state index in [0.717, 1.165) is 25.9 Å². The fourth-order valence-corrected chi connectivity index (χ4v) is 1.49. The number of hydrogen-bond donors (Lipinski definition) is 2. The van der Waals surface area contributed by atoms with Crippen molar-refractivity contribution in [2.45, 2.75) is 38.8 Å². The molecule has 0 aromatic heterocycles. The van der Waals surface area contributed by atoms with Gasteiger partial charge in [0.15, 0.2) is 0 Å². The lowest BCUT2D eigenvalue weighted by Gasteiger charge is -2.22. The molecule has 1 unspecified atom stereocenters. The van der Waals surface area contributed by atoms with Crippen LogP contribution < -0.4 is 10.6 Å². The van der Waals surface area contributed by atoms with Crippen molar-refractivity contribution in [3.8, 4) is 0 Å². The van der Waals surface area contributed by atoms with Crippen molar-refractivity contribution >= 4 is 5.91 Å². The van der Waals surface area contributed by atoms with Gasteiger partial charge in [-0.3, -0.25) is 4.79 Å². The Morgan fingerprint density at radius 3 is 3.07 bits per heavy atom. The molecule has 1 fully saturated rings. The van der Waals surface area contributed by atoms with E-state index in [1.807, 2.05) is 13.8 Å². The molecule has 0 spiro atoms. The smallest absolute Gasteiger partial charge is 0.237 e. The van der Waals surface area contributed by atoms with E-state index in [1.165, 1.54) is 0 Å². The second kappa shape index (κ2) is 5.98. The zero-order chi connectivity index (χ0) is 10.4. The van der Waals surface area contributed by atoms with Crippen LogP contribution in [-0.4, -0.2) is 37.7 Å². The van der Waals surface area contributed by atoms with Crippen LogP contribution in [0.2, 0.25) is 0 Å². The Morgan fingerprint density at radius 1 is 1.64 bits per heavy atom. The summed E-state index contributed by atoms with van der Waals surface area (Å²) in [7, 11) is 0. The Hall–Kier alpha value is -0.610. The fourth-order valence-electron chi connectivity index (χ4n) is 1.49. The molecule has 82 valence electrons. The Kier molecular flexibility index (Phi) is 4.90. The highest BCUT2D eigenvalue weighted by atomic mass is 16.5. The number of hydrogen-bond acceptors (Lipinski definition) is 3. The zero-order valence-corrected chi connectivity index (χ0v) is 9.01. The van der Waals surface area contributed by atoms with E-state index in [9.17, 15) is 4.79 Å². The lowest BCUT2D eigenvalue weighted by molar-refractivity contribution is -0.124. The summed E-state index contributed by atoms with van der Waals surface area (Å²) >= 11 is 0. The summed E-state index contributed by atoms with van der Waals surface area (Å²) in [5, 5.41) is 6.03. The number of rotatable bonds is 5. The molecule has 0 saturated carbocycles. The maximum Gasteiger partial charge on any atom is 0.237 e. The maximum absolute atomic E-state index is 11.3. The lowest BCUT2D eigenvalue weighted by atomic mass is 10.1. The van der Waals surface area contributed by atoms with Gasteiger partial charge >= 0.3 is 0 Å². The molecule has 0 aliphatic carbocycles. The van der Waals surface area contributed by atoms with Gasteiger partial charge in [0.2, 0.25) is 5.91 Å². The summed E-state index contributed by atoms with van der Waals surface area (Å²) in [5.74, 6) is 0.126. The van der Waals surface area contributed by atoms with Crippen molar-refractivity contribution in [2.24, 2.45) is 0 Å². The second-order valence-electron chi connectivity index (χ2n) is 3.86. The monoisotopic (exact) mass is 200 g/mol. The Bertz CT molecular complexity index is 183. The molecule has 1 aliphatic rings. The second-order valence-corrected chi connectivity index (χ2v) is 3.86. The van der Waals surface area contributed by atoms with Crippen LogP contribution in [0.5, 0.6) is 0 Å². The molecule has 1 rings (SSSR count). The molecule has 0 aromatic carbocycles. The number of carbonyl (C=O) groups excluding carboxylic acids is 1. The Balaban J connectivity index is 2.07. The first-order valence-corrected chi connectivity index (χ1v) is 5.33. The SMILES string of the molecule is CC(C)OCCNC1CCCNC1=O. The average Bonchev–Trinajstić information content (AvgIpc) is 2.15. The highest BCUT2D eigenvalue weighted by Crippen LogP contribution is 2.02. The van der Waals surface area contributed by atoms with E-state index in [1.54, 1.807) is 0 Å². The first-order chi connectivity index (χ1) is 6.70. The summed E-state index contributed by atoms with van der Waals surface area (Å²) in [5.41, 5.74) is 0. The van der Waals surface area contributed by atoms with E-state index in [2.05, 4.69) is 10.6 Å². The van der Waals surface area contributed by atoms with E-state index in [0.29, 0.717) is 6.61 Å². The molecular formula is C10H20N2O2. The molecule has 0 bridgehead atoms. The Labute approximate surface area is 85.4 Å². The standard InChI is InChI=1S/C10H20N2O2/c1-8(2)14-7-6-11-9-4-3-5-12-10(9)13/h8-9,11H,3-7H2,1-2H3,(H,12,13). The van der Waals surface area contributed by atoms with Gasteiger partial charge in [0, 0.05) is 13.1 Å². The average molecular weight is 200 g/mol. The predicted octanol–water partition coefficient (Wildman–Crippen LogP) is 0.280. The van der Waals surface area contributed by atoms with E-state index in [4.69, 9.17) is 4.74 Å². The number of amides is 1. The van der Waals surface area contributed by atoms with Gasteiger partial charge < -0.3 is 15.4 Å². The third-order valence-corrected chi connectivity index (χ3v) is 2.23. The summed E-state index contributed by atoms with van der Waals surface area (Å²) < 4.78 is 5.37. The van der Waals surface area contributed by atoms with Crippen molar-refractivity contribution in [2.75, 3.05) is 19.7 Å². The van der Waals surface area contributed by atoms with Gasteiger partial charge in [0.25, 0.3) is 0 Å². The molecule has 0 radical (unpaired) electrons. The number of nitrogens with one attached hydrogen (secondary N) is 2. The minimum Gasteiger partial charge on any atom is -0.377 e. The van der Waals surface area contributed by atoms with Gasteiger partial charge in [0.1, 0.15) is 0 Å². The summed E-state index contributed by atoms with van der Waals surface area (Å²) in [4.78, 5) is 11.3.